The maximum Gasteiger partial charge on any atom is 0.341 e. The van der Waals surface area contributed by atoms with Crippen molar-refractivity contribution >= 4 is 22.6 Å². The number of ether oxygens (including phenoxy) is 1. The Morgan fingerprint density at radius 1 is 1.34 bits per heavy atom. The van der Waals surface area contributed by atoms with E-state index in [-0.39, 0.29) is 60.5 Å². The van der Waals surface area contributed by atoms with E-state index in [9.17, 15) is 24.9 Å². The Bertz CT molecular complexity index is 1090. The van der Waals surface area contributed by atoms with E-state index >= 15 is 4.39 Å². The summed E-state index contributed by atoms with van der Waals surface area (Å²) in [5.74, 6) is -1.76. The van der Waals surface area contributed by atoms with Crippen LogP contribution in [0.2, 0.25) is 0 Å². The third kappa shape index (κ3) is 2.71. The molecule has 0 spiro atoms. The number of hydrogen-bond acceptors (Lipinski definition) is 6. The number of benzene rings is 1. The monoisotopic (exact) mass is 404 g/mol. The van der Waals surface area contributed by atoms with Gasteiger partial charge in [0.2, 0.25) is 5.43 Å². The van der Waals surface area contributed by atoms with Crippen molar-refractivity contribution in [1.82, 2.24) is 4.57 Å². The third-order valence-corrected chi connectivity index (χ3v) is 6.24. The number of carboxylic acids is 1. The molecular formula is C20H21FN2O6. The van der Waals surface area contributed by atoms with E-state index in [2.05, 4.69) is 0 Å². The fraction of sp³-hybridized carbons (Fsp3) is 0.500. The molecule has 1 aromatic carbocycles. The van der Waals surface area contributed by atoms with Crippen molar-refractivity contribution in [2.75, 3.05) is 24.7 Å². The van der Waals surface area contributed by atoms with Gasteiger partial charge >= 0.3 is 5.97 Å². The smallest absolute Gasteiger partial charge is 0.341 e. The van der Waals surface area contributed by atoms with E-state index in [0.29, 0.717) is 12.1 Å². The molecule has 1 saturated heterocycles. The van der Waals surface area contributed by atoms with E-state index in [1.165, 1.54) is 6.20 Å². The molecule has 2 aliphatic heterocycles. The standard InChI is InChI=1S/C20H21FN2O6/c21-14-5-12-15(23(10-1-2-10)7-13(17(12)25)19(26)27)18-16(14)22-4-3-20(28,9-24)6-11(22)8-29-18/h5,7,10-11,24,28H,1-4,6,8-9H2,(H,26,27)/t11-,20+/m1/s1. The first kappa shape index (κ1) is 18.4. The zero-order chi connectivity index (χ0) is 20.5. The van der Waals surface area contributed by atoms with Gasteiger partial charge in [-0.25, -0.2) is 9.18 Å². The second-order valence-corrected chi connectivity index (χ2v) is 8.24. The average molecular weight is 404 g/mol. The van der Waals surface area contributed by atoms with Gasteiger partial charge in [-0.15, -0.1) is 0 Å². The van der Waals surface area contributed by atoms with E-state index in [0.717, 1.165) is 18.9 Å². The van der Waals surface area contributed by atoms with Crippen molar-refractivity contribution in [3.63, 3.8) is 0 Å². The second kappa shape index (κ2) is 6.17. The maximum atomic E-state index is 15.2. The number of aromatic carboxylic acids is 1. The van der Waals surface area contributed by atoms with Gasteiger partial charge in [-0.3, -0.25) is 4.79 Å². The zero-order valence-corrected chi connectivity index (χ0v) is 15.6. The predicted octanol–water partition coefficient (Wildman–Crippen LogP) is 1.26. The van der Waals surface area contributed by atoms with Crippen LogP contribution in [0, 0.1) is 5.82 Å². The molecule has 8 nitrogen and oxygen atoms in total. The molecule has 154 valence electrons. The summed E-state index contributed by atoms with van der Waals surface area (Å²) in [5, 5.41) is 29.3. The van der Waals surface area contributed by atoms with Gasteiger partial charge < -0.3 is 29.5 Å². The first-order valence-corrected chi connectivity index (χ1v) is 9.70. The number of carboxylic acid groups (broad SMARTS) is 1. The molecule has 2 atom stereocenters. The van der Waals surface area contributed by atoms with Crippen molar-refractivity contribution < 1.29 is 29.2 Å². The van der Waals surface area contributed by atoms with Crippen LogP contribution >= 0.6 is 0 Å². The normalized spacial score (nSPS) is 26.0. The highest BCUT2D eigenvalue weighted by Gasteiger charge is 2.43. The van der Waals surface area contributed by atoms with Gasteiger partial charge in [0, 0.05) is 25.2 Å². The maximum absolute atomic E-state index is 15.2. The predicted molar refractivity (Wildman–Crippen MR) is 101 cm³/mol. The molecule has 3 N–H and O–H groups in total. The number of aromatic nitrogens is 1. The van der Waals surface area contributed by atoms with Crippen molar-refractivity contribution in [2.24, 2.45) is 0 Å². The summed E-state index contributed by atoms with van der Waals surface area (Å²) in [6, 6.07) is 0.841. The molecule has 9 heteroatoms. The highest BCUT2D eigenvalue weighted by atomic mass is 19.1. The first-order valence-electron chi connectivity index (χ1n) is 9.70. The van der Waals surface area contributed by atoms with E-state index in [1.807, 2.05) is 4.90 Å². The van der Waals surface area contributed by atoms with Crippen LogP contribution in [0.4, 0.5) is 10.1 Å². The number of nitrogens with zero attached hydrogens (tertiary/aromatic N) is 2. The van der Waals surface area contributed by atoms with Crippen LogP contribution in [0.5, 0.6) is 5.75 Å². The topological polar surface area (TPSA) is 112 Å². The average Bonchev–Trinajstić information content (AvgIpc) is 3.53. The highest BCUT2D eigenvalue weighted by molar-refractivity contribution is 5.97. The van der Waals surface area contributed by atoms with Crippen LogP contribution in [-0.2, 0) is 0 Å². The van der Waals surface area contributed by atoms with Crippen molar-refractivity contribution in [2.45, 2.75) is 43.4 Å². The number of anilines is 1. The van der Waals surface area contributed by atoms with Gasteiger partial charge in [-0.1, -0.05) is 0 Å². The largest absolute Gasteiger partial charge is 0.487 e. The number of piperidine rings is 1. The Labute approximate surface area is 164 Å². The highest BCUT2D eigenvalue weighted by Crippen LogP contribution is 2.47. The molecule has 2 aromatic rings. The minimum atomic E-state index is -1.34. The number of aliphatic hydroxyl groups excluding tert-OH is 1. The minimum Gasteiger partial charge on any atom is -0.487 e. The van der Waals surface area contributed by atoms with E-state index in [1.54, 1.807) is 4.57 Å². The van der Waals surface area contributed by atoms with Crippen LogP contribution in [0.25, 0.3) is 10.9 Å². The van der Waals surface area contributed by atoms with E-state index in [4.69, 9.17) is 4.74 Å². The number of pyridine rings is 1. The summed E-state index contributed by atoms with van der Waals surface area (Å²) in [6.45, 7) is 0.137. The van der Waals surface area contributed by atoms with Crippen LogP contribution in [0.1, 0.15) is 42.1 Å². The molecule has 3 heterocycles. The summed E-state index contributed by atoms with van der Waals surface area (Å²) in [7, 11) is 0. The molecule has 1 aromatic heterocycles. The SMILES string of the molecule is O=C(O)c1cn(C2CC2)c2c3c(c(F)cc2c1=O)N1CC[C@@](O)(CO)C[C@@H]1CO3. The zero-order valence-electron chi connectivity index (χ0n) is 15.6. The van der Waals surface area contributed by atoms with E-state index < -0.39 is 22.8 Å². The number of halogens is 1. The Hall–Kier alpha value is -2.65. The molecule has 0 unspecified atom stereocenters. The van der Waals surface area contributed by atoms with Gasteiger partial charge in [-0.05, 0) is 25.3 Å². The summed E-state index contributed by atoms with van der Waals surface area (Å²) in [5.41, 5.74) is -1.69. The Balaban J connectivity index is 1.73. The number of fused-ring (bicyclic) bond motifs is 5. The molecule has 1 saturated carbocycles. The summed E-state index contributed by atoms with van der Waals surface area (Å²) < 4.78 is 22.8. The fourth-order valence-corrected chi connectivity index (χ4v) is 4.57. The van der Waals surface area contributed by atoms with Gasteiger partial charge in [0.25, 0.3) is 0 Å². The lowest BCUT2D eigenvalue weighted by Gasteiger charge is -2.47. The lowest BCUT2D eigenvalue weighted by molar-refractivity contribution is -0.0470. The quantitative estimate of drug-likeness (QED) is 0.706. The Morgan fingerprint density at radius 2 is 2.10 bits per heavy atom. The molecule has 29 heavy (non-hydrogen) atoms. The number of carbonyl (C=O) groups is 1. The molecule has 5 rings (SSSR count). The Morgan fingerprint density at radius 3 is 2.76 bits per heavy atom. The lowest BCUT2D eigenvalue weighted by atomic mass is 9.86. The number of aliphatic hydroxyl groups is 2. The fourth-order valence-electron chi connectivity index (χ4n) is 4.57. The van der Waals surface area contributed by atoms with Gasteiger partial charge in [0.05, 0.1) is 29.2 Å². The second-order valence-electron chi connectivity index (χ2n) is 8.24. The van der Waals surface area contributed by atoms with Crippen molar-refractivity contribution in [3.8, 4) is 5.75 Å². The van der Waals surface area contributed by atoms with Crippen LogP contribution < -0.4 is 15.1 Å². The van der Waals surface area contributed by atoms with Crippen LogP contribution in [0.3, 0.4) is 0 Å². The van der Waals surface area contributed by atoms with Crippen molar-refractivity contribution in [3.05, 3.63) is 33.9 Å². The number of hydrogen-bond donors (Lipinski definition) is 3. The molecular weight excluding hydrogens is 383 g/mol. The van der Waals surface area contributed by atoms with Gasteiger partial charge in [0.15, 0.2) is 11.6 Å². The van der Waals surface area contributed by atoms with Crippen LogP contribution in [0.15, 0.2) is 17.1 Å². The van der Waals surface area contributed by atoms with Crippen molar-refractivity contribution in [1.29, 1.82) is 0 Å². The third-order valence-electron chi connectivity index (χ3n) is 6.24. The number of rotatable bonds is 3. The lowest BCUT2D eigenvalue weighted by Crippen LogP contribution is -2.56. The molecule has 1 aliphatic carbocycles. The summed E-state index contributed by atoms with van der Waals surface area (Å²) in [4.78, 5) is 26.1. The summed E-state index contributed by atoms with van der Waals surface area (Å²) >= 11 is 0. The molecule has 0 bridgehead atoms. The first-order chi connectivity index (χ1) is 13.8. The van der Waals surface area contributed by atoms with Gasteiger partial charge in [-0.2, -0.15) is 0 Å². The molecule has 2 fully saturated rings. The Kier molecular flexibility index (Phi) is 3.91. The molecule has 0 radical (unpaired) electrons. The molecule has 3 aliphatic rings. The molecule has 0 amide bonds. The van der Waals surface area contributed by atoms with Crippen LogP contribution in [-0.4, -0.2) is 57.3 Å². The minimum absolute atomic E-state index is 0.00428. The summed E-state index contributed by atoms with van der Waals surface area (Å²) in [6.07, 6.45) is 3.55. The van der Waals surface area contributed by atoms with Gasteiger partial charge in [0.1, 0.15) is 17.9 Å².